The van der Waals surface area contributed by atoms with Gasteiger partial charge in [0.25, 0.3) is 0 Å². The molecule has 1 aliphatic rings. The lowest BCUT2D eigenvalue weighted by atomic mass is 9.83. The molecule has 2 atom stereocenters. The van der Waals surface area contributed by atoms with Gasteiger partial charge in [-0.1, -0.05) is 51.1 Å². The molecule has 2 N–H and O–H groups in total. The van der Waals surface area contributed by atoms with E-state index in [0.29, 0.717) is 31.9 Å². The van der Waals surface area contributed by atoms with Crippen LogP contribution in [0.15, 0.2) is 60.8 Å². The predicted octanol–water partition coefficient (Wildman–Crippen LogP) is 6.94. The summed E-state index contributed by atoms with van der Waals surface area (Å²) in [6.07, 6.45) is 3.28. The number of amides is 2. The SMILES string of the molecule is COc1cc(CNC(=O)[C@H]2CC[C@H](NC(=O)OC(C)(C)C)C2)c(-c2cccnc2OCc2ccccc2)cc1C(C)(C)C. The first-order valence-corrected chi connectivity index (χ1v) is 14.9. The van der Waals surface area contributed by atoms with Crippen LogP contribution in [0, 0.1) is 5.92 Å². The van der Waals surface area contributed by atoms with Gasteiger partial charge in [-0.15, -0.1) is 0 Å². The molecule has 0 radical (unpaired) electrons. The number of pyridine rings is 1. The molecule has 1 heterocycles. The van der Waals surface area contributed by atoms with Crippen LogP contribution >= 0.6 is 0 Å². The number of carbonyl (C=O) groups excluding carboxylic acids is 2. The average Bonchev–Trinajstić information content (AvgIpc) is 3.42. The number of nitrogens with one attached hydrogen (secondary N) is 2. The monoisotopic (exact) mass is 587 g/mol. The highest BCUT2D eigenvalue weighted by molar-refractivity contribution is 5.80. The van der Waals surface area contributed by atoms with Crippen LogP contribution in [0.4, 0.5) is 4.79 Å². The van der Waals surface area contributed by atoms with Crippen molar-refractivity contribution in [2.75, 3.05) is 7.11 Å². The molecule has 0 aliphatic heterocycles. The molecule has 230 valence electrons. The number of carbonyl (C=O) groups is 2. The zero-order valence-electron chi connectivity index (χ0n) is 26.5. The van der Waals surface area contributed by atoms with Crippen LogP contribution in [0.3, 0.4) is 0 Å². The Morgan fingerprint density at radius 3 is 2.37 bits per heavy atom. The van der Waals surface area contributed by atoms with Gasteiger partial charge >= 0.3 is 6.09 Å². The largest absolute Gasteiger partial charge is 0.496 e. The van der Waals surface area contributed by atoms with Crippen molar-refractivity contribution in [2.45, 2.75) is 91.0 Å². The molecular formula is C35H45N3O5. The highest BCUT2D eigenvalue weighted by Crippen LogP contribution is 2.40. The second kappa shape index (κ2) is 13.5. The van der Waals surface area contributed by atoms with E-state index < -0.39 is 11.7 Å². The number of ether oxygens (including phenoxy) is 3. The minimum Gasteiger partial charge on any atom is -0.496 e. The normalized spacial score (nSPS) is 16.8. The number of aromatic nitrogens is 1. The number of benzene rings is 2. The van der Waals surface area contributed by atoms with E-state index >= 15 is 0 Å². The van der Waals surface area contributed by atoms with Gasteiger partial charge in [0, 0.05) is 35.8 Å². The van der Waals surface area contributed by atoms with Gasteiger partial charge in [0.15, 0.2) is 0 Å². The van der Waals surface area contributed by atoms with Gasteiger partial charge in [-0.05, 0) is 86.4 Å². The molecule has 4 rings (SSSR count). The quantitative estimate of drug-likeness (QED) is 0.281. The van der Waals surface area contributed by atoms with E-state index in [9.17, 15) is 9.59 Å². The maximum absolute atomic E-state index is 13.3. The van der Waals surface area contributed by atoms with Crippen molar-refractivity contribution in [1.82, 2.24) is 15.6 Å². The van der Waals surface area contributed by atoms with Crippen molar-refractivity contribution in [3.63, 3.8) is 0 Å². The number of hydrogen-bond donors (Lipinski definition) is 2. The molecule has 1 aliphatic carbocycles. The first-order chi connectivity index (χ1) is 20.3. The van der Waals surface area contributed by atoms with Gasteiger partial charge in [-0.25, -0.2) is 9.78 Å². The summed E-state index contributed by atoms with van der Waals surface area (Å²) >= 11 is 0. The van der Waals surface area contributed by atoms with E-state index in [1.165, 1.54) is 0 Å². The smallest absolute Gasteiger partial charge is 0.407 e. The summed E-state index contributed by atoms with van der Waals surface area (Å²) in [6, 6.07) is 17.9. The maximum atomic E-state index is 13.3. The fourth-order valence-electron chi connectivity index (χ4n) is 5.36. The zero-order chi connectivity index (χ0) is 31.2. The number of rotatable bonds is 9. The molecule has 0 bridgehead atoms. The highest BCUT2D eigenvalue weighted by atomic mass is 16.6. The third-order valence-electron chi connectivity index (χ3n) is 7.49. The molecule has 3 aromatic rings. The van der Waals surface area contributed by atoms with Crippen LogP contribution in [0.5, 0.6) is 11.6 Å². The van der Waals surface area contributed by atoms with Crippen molar-refractivity contribution in [3.8, 4) is 22.8 Å². The molecular weight excluding hydrogens is 542 g/mol. The summed E-state index contributed by atoms with van der Waals surface area (Å²) in [7, 11) is 1.67. The molecule has 43 heavy (non-hydrogen) atoms. The Kier molecular flexibility index (Phi) is 9.99. The molecule has 8 heteroatoms. The molecule has 0 unspecified atom stereocenters. The van der Waals surface area contributed by atoms with Gasteiger partial charge in [0.1, 0.15) is 18.0 Å². The first kappa shape index (κ1) is 31.9. The van der Waals surface area contributed by atoms with E-state index in [-0.39, 0.29) is 23.3 Å². The van der Waals surface area contributed by atoms with Gasteiger partial charge < -0.3 is 24.8 Å². The van der Waals surface area contributed by atoms with E-state index in [4.69, 9.17) is 14.2 Å². The van der Waals surface area contributed by atoms with E-state index in [0.717, 1.165) is 40.0 Å². The van der Waals surface area contributed by atoms with Crippen molar-refractivity contribution in [2.24, 2.45) is 5.92 Å². The molecule has 2 amide bonds. The minimum atomic E-state index is -0.568. The first-order valence-electron chi connectivity index (χ1n) is 14.9. The summed E-state index contributed by atoms with van der Waals surface area (Å²) in [5, 5.41) is 6.06. The van der Waals surface area contributed by atoms with Crippen molar-refractivity contribution < 1.29 is 23.8 Å². The zero-order valence-corrected chi connectivity index (χ0v) is 26.5. The second-order valence-corrected chi connectivity index (χ2v) is 13.2. The number of nitrogens with zero attached hydrogens (tertiary/aromatic N) is 1. The Labute approximate surface area is 255 Å². The minimum absolute atomic E-state index is 0.0370. The number of methoxy groups -OCH3 is 1. The summed E-state index contributed by atoms with van der Waals surface area (Å²) in [5.41, 5.74) is 4.02. The third-order valence-corrected chi connectivity index (χ3v) is 7.49. The Bertz CT molecular complexity index is 1410. The Morgan fingerprint density at radius 1 is 0.953 bits per heavy atom. The fraction of sp³-hybridized carbons (Fsp3) is 0.457. The topological polar surface area (TPSA) is 98.8 Å². The Morgan fingerprint density at radius 2 is 1.70 bits per heavy atom. The molecule has 1 fully saturated rings. The Balaban J connectivity index is 1.55. The van der Waals surface area contributed by atoms with Crippen LogP contribution in [0.25, 0.3) is 11.1 Å². The third kappa shape index (κ3) is 8.72. The van der Waals surface area contributed by atoms with Crippen LogP contribution in [0.1, 0.15) is 77.5 Å². The lowest BCUT2D eigenvalue weighted by Gasteiger charge is -2.25. The predicted molar refractivity (Wildman–Crippen MR) is 168 cm³/mol. The van der Waals surface area contributed by atoms with E-state index in [1.54, 1.807) is 13.3 Å². The van der Waals surface area contributed by atoms with Gasteiger partial charge in [0.05, 0.1) is 7.11 Å². The summed E-state index contributed by atoms with van der Waals surface area (Å²) < 4.78 is 17.4. The van der Waals surface area contributed by atoms with Crippen molar-refractivity contribution >= 4 is 12.0 Å². The average molecular weight is 588 g/mol. The van der Waals surface area contributed by atoms with E-state index in [2.05, 4.69) is 42.5 Å². The lowest BCUT2D eigenvalue weighted by Crippen LogP contribution is -2.38. The molecule has 0 spiro atoms. The molecule has 1 saturated carbocycles. The second-order valence-electron chi connectivity index (χ2n) is 13.2. The number of hydrogen-bond acceptors (Lipinski definition) is 6. The van der Waals surface area contributed by atoms with Gasteiger partial charge in [-0.3, -0.25) is 4.79 Å². The van der Waals surface area contributed by atoms with Crippen LogP contribution in [-0.4, -0.2) is 35.7 Å². The van der Waals surface area contributed by atoms with Gasteiger partial charge in [0.2, 0.25) is 11.8 Å². The Hall–Kier alpha value is -4.07. The molecule has 0 saturated heterocycles. The maximum Gasteiger partial charge on any atom is 0.407 e. The summed E-state index contributed by atoms with van der Waals surface area (Å²) in [6.45, 7) is 12.6. The van der Waals surface area contributed by atoms with E-state index in [1.807, 2.05) is 69.3 Å². The molecule has 8 nitrogen and oxygen atoms in total. The lowest BCUT2D eigenvalue weighted by molar-refractivity contribution is -0.125. The van der Waals surface area contributed by atoms with Crippen LogP contribution in [-0.2, 0) is 28.1 Å². The molecule has 2 aromatic carbocycles. The van der Waals surface area contributed by atoms with Crippen molar-refractivity contribution in [3.05, 3.63) is 77.5 Å². The summed E-state index contributed by atoms with van der Waals surface area (Å²) in [5.74, 6) is 1.06. The molecule has 1 aromatic heterocycles. The standard InChI is InChI=1S/C35H45N3O5/c1-34(2,3)29-20-28(27-14-11-17-36-32(27)42-22-23-12-9-8-10-13-23)25(19-30(29)41-7)21-37-31(39)24-15-16-26(18-24)38-33(40)43-35(4,5)6/h8-14,17,19-20,24,26H,15-16,18,21-22H2,1-7H3,(H,37,39)(H,38,40)/t24-,26-/m0/s1. The summed E-state index contributed by atoms with van der Waals surface area (Å²) in [4.78, 5) is 30.1. The van der Waals surface area contributed by atoms with Crippen LogP contribution in [0.2, 0.25) is 0 Å². The number of alkyl carbamates (subject to hydrolysis) is 1. The van der Waals surface area contributed by atoms with Crippen LogP contribution < -0.4 is 20.1 Å². The highest BCUT2D eigenvalue weighted by Gasteiger charge is 2.32. The van der Waals surface area contributed by atoms with Gasteiger partial charge in [-0.2, -0.15) is 0 Å². The fourth-order valence-corrected chi connectivity index (χ4v) is 5.36. The van der Waals surface area contributed by atoms with Crippen molar-refractivity contribution in [1.29, 1.82) is 0 Å².